The van der Waals surface area contributed by atoms with Gasteiger partial charge in [-0.15, -0.1) is 0 Å². The number of rotatable bonds is 5. The Morgan fingerprint density at radius 1 is 1.25 bits per heavy atom. The van der Waals surface area contributed by atoms with Crippen LogP contribution in [0, 0.1) is 11.3 Å². The molecular weight excluding hydrogens is 358 g/mol. The third-order valence-electron chi connectivity index (χ3n) is 4.80. The smallest absolute Gasteiger partial charge is 0.242 e. The van der Waals surface area contributed by atoms with Crippen LogP contribution >= 0.6 is 0 Å². The summed E-state index contributed by atoms with van der Waals surface area (Å²) >= 11 is 0. The number of aromatic nitrogens is 4. The van der Waals surface area contributed by atoms with Crippen molar-refractivity contribution < 1.29 is 9.59 Å². The Bertz CT molecular complexity index is 829. The van der Waals surface area contributed by atoms with Gasteiger partial charge in [-0.05, 0) is 5.92 Å². The molecule has 2 N–H and O–H groups in total. The number of likely N-dealkylation sites (tertiary alicyclic amines) is 1. The van der Waals surface area contributed by atoms with Gasteiger partial charge < -0.3 is 15.5 Å². The molecule has 0 aromatic carbocycles. The van der Waals surface area contributed by atoms with Gasteiger partial charge in [0.2, 0.25) is 11.8 Å². The zero-order valence-electron chi connectivity index (χ0n) is 16.7. The highest BCUT2D eigenvalue weighted by Crippen LogP contribution is 2.21. The monoisotopic (exact) mass is 385 g/mol. The molecule has 0 saturated carbocycles. The van der Waals surface area contributed by atoms with Crippen LogP contribution in [0.15, 0.2) is 31.1 Å². The third-order valence-corrected chi connectivity index (χ3v) is 4.80. The summed E-state index contributed by atoms with van der Waals surface area (Å²) in [6, 6.07) is 1.93. The Labute approximate surface area is 164 Å². The minimum absolute atomic E-state index is 0.0217. The molecule has 1 aliphatic heterocycles. The number of amides is 2. The van der Waals surface area contributed by atoms with Crippen LogP contribution in [-0.2, 0) is 9.59 Å². The Morgan fingerprint density at radius 2 is 2.04 bits per heavy atom. The van der Waals surface area contributed by atoms with Crippen molar-refractivity contribution in [3.63, 3.8) is 0 Å². The number of anilines is 1. The molecule has 0 spiro atoms. The van der Waals surface area contributed by atoms with Crippen molar-refractivity contribution in [2.24, 2.45) is 11.3 Å². The van der Waals surface area contributed by atoms with Crippen molar-refractivity contribution in [3.8, 4) is 5.82 Å². The van der Waals surface area contributed by atoms with Gasteiger partial charge in [-0.25, -0.2) is 15.0 Å². The standard InChI is InChI=1S/C19H27N7O2/c1-13-9-26(17(27)8-21-18(28)19(2,3)4)10-14(13)24-15-7-16(23-11-22-15)25-6-5-20-12-25/h5-7,11-14H,8-10H2,1-4H3,(H,21,28)(H,22,23,24). The first-order chi connectivity index (χ1) is 13.2. The molecule has 2 aromatic heterocycles. The summed E-state index contributed by atoms with van der Waals surface area (Å²) in [6.45, 7) is 8.79. The van der Waals surface area contributed by atoms with Crippen molar-refractivity contribution in [3.05, 3.63) is 31.1 Å². The molecule has 2 amide bonds. The van der Waals surface area contributed by atoms with Crippen LogP contribution in [0.2, 0.25) is 0 Å². The molecule has 0 bridgehead atoms. The van der Waals surface area contributed by atoms with E-state index in [9.17, 15) is 9.59 Å². The van der Waals surface area contributed by atoms with Crippen LogP contribution in [0.4, 0.5) is 5.82 Å². The summed E-state index contributed by atoms with van der Waals surface area (Å²) in [6.07, 6.45) is 6.69. The van der Waals surface area contributed by atoms with Gasteiger partial charge in [0.1, 0.15) is 24.3 Å². The van der Waals surface area contributed by atoms with E-state index in [-0.39, 0.29) is 30.3 Å². The molecule has 2 atom stereocenters. The lowest BCUT2D eigenvalue weighted by Crippen LogP contribution is -2.43. The second kappa shape index (κ2) is 7.95. The molecule has 150 valence electrons. The number of nitrogens with zero attached hydrogens (tertiary/aromatic N) is 5. The van der Waals surface area contributed by atoms with Crippen LogP contribution < -0.4 is 10.6 Å². The minimum Gasteiger partial charge on any atom is -0.365 e. The van der Waals surface area contributed by atoms with E-state index in [1.54, 1.807) is 22.0 Å². The molecule has 2 unspecified atom stereocenters. The van der Waals surface area contributed by atoms with E-state index in [1.165, 1.54) is 6.33 Å². The van der Waals surface area contributed by atoms with Gasteiger partial charge in [0.15, 0.2) is 0 Å². The summed E-state index contributed by atoms with van der Waals surface area (Å²) in [5, 5.41) is 6.12. The summed E-state index contributed by atoms with van der Waals surface area (Å²) in [7, 11) is 0. The molecule has 9 nitrogen and oxygen atoms in total. The maximum Gasteiger partial charge on any atom is 0.242 e. The normalized spacial score (nSPS) is 19.5. The average Bonchev–Trinajstić information content (AvgIpc) is 3.29. The van der Waals surface area contributed by atoms with Crippen molar-refractivity contribution in [1.82, 2.24) is 29.7 Å². The van der Waals surface area contributed by atoms with E-state index >= 15 is 0 Å². The summed E-state index contributed by atoms with van der Waals surface area (Å²) < 4.78 is 1.80. The largest absolute Gasteiger partial charge is 0.365 e. The highest BCUT2D eigenvalue weighted by Gasteiger charge is 2.33. The Hall–Kier alpha value is -2.97. The van der Waals surface area contributed by atoms with Crippen LogP contribution in [-0.4, -0.2) is 61.9 Å². The van der Waals surface area contributed by atoms with E-state index in [4.69, 9.17) is 0 Å². The number of carbonyl (C=O) groups excluding carboxylic acids is 2. The summed E-state index contributed by atoms with van der Waals surface area (Å²) in [5.74, 6) is 1.48. The highest BCUT2D eigenvalue weighted by molar-refractivity contribution is 5.87. The molecule has 1 fully saturated rings. The lowest BCUT2D eigenvalue weighted by atomic mass is 9.96. The van der Waals surface area contributed by atoms with Gasteiger partial charge in [0.05, 0.1) is 6.54 Å². The SMILES string of the molecule is CC1CN(C(=O)CNC(=O)C(C)(C)C)CC1Nc1cc(-n2ccnc2)ncn1. The fourth-order valence-corrected chi connectivity index (χ4v) is 3.04. The molecule has 3 rings (SSSR count). The van der Waals surface area contributed by atoms with Gasteiger partial charge in [-0.2, -0.15) is 0 Å². The zero-order chi connectivity index (χ0) is 20.3. The maximum absolute atomic E-state index is 12.5. The van der Waals surface area contributed by atoms with E-state index in [2.05, 4.69) is 32.5 Å². The van der Waals surface area contributed by atoms with E-state index < -0.39 is 5.41 Å². The molecule has 2 aromatic rings. The Morgan fingerprint density at radius 3 is 2.71 bits per heavy atom. The zero-order valence-corrected chi connectivity index (χ0v) is 16.7. The fraction of sp³-hybridized carbons (Fsp3) is 0.526. The van der Waals surface area contributed by atoms with Crippen LogP contribution in [0.1, 0.15) is 27.7 Å². The molecule has 0 aliphatic carbocycles. The molecule has 1 aliphatic rings. The first-order valence-corrected chi connectivity index (χ1v) is 9.37. The number of nitrogens with one attached hydrogen (secondary N) is 2. The predicted octanol–water partition coefficient (Wildman–Crippen LogP) is 1.08. The first-order valence-electron chi connectivity index (χ1n) is 9.37. The molecule has 0 radical (unpaired) electrons. The lowest BCUT2D eigenvalue weighted by Gasteiger charge is -2.20. The number of imidazole rings is 1. The van der Waals surface area contributed by atoms with Crippen LogP contribution in [0.3, 0.4) is 0 Å². The van der Waals surface area contributed by atoms with Crippen molar-refractivity contribution in [1.29, 1.82) is 0 Å². The highest BCUT2D eigenvalue weighted by atomic mass is 16.2. The van der Waals surface area contributed by atoms with Crippen molar-refractivity contribution >= 4 is 17.6 Å². The second-order valence-electron chi connectivity index (χ2n) is 8.19. The van der Waals surface area contributed by atoms with Crippen LogP contribution in [0.5, 0.6) is 0 Å². The predicted molar refractivity (Wildman–Crippen MR) is 105 cm³/mol. The summed E-state index contributed by atoms with van der Waals surface area (Å²) in [4.78, 5) is 38.8. The molecule has 3 heterocycles. The Kier molecular flexibility index (Phi) is 5.62. The van der Waals surface area contributed by atoms with Gasteiger partial charge in [-0.3, -0.25) is 14.2 Å². The summed E-state index contributed by atoms with van der Waals surface area (Å²) in [5.41, 5.74) is -0.511. The number of hydrogen-bond acceptors (Lipinski definition) is 6. The maximum atomic E-state index is 12.5. The topological polar surface area (TPSA) is 105 Å². The number of carbonyl (C=O) groups is 2. The Balaban J connectivity index is 1.57. The molecule has 9 heteroatoms. The van der Waals surface area contributed by atoms with Gasteiger partial charge >= 0.3 is 0 Å². The fourth-order valence-electron chi connectivity index (χ4n) is 3.04. The number of hydrogen-bond donors (Lipinski definition) is 2. The second-order valence-corrected chi connectivity index (χ2v) is 8.19. The average molecular weight is 385 g/mol. The van der Waals surface area contributed by atoms with Crippen LogP contribution in [0.25, 0.3) is 5.82 Å². The molecule has 1 saturated heterocycles. The molecular formula is C19H27N7O2. The van der Waals surface area contributed by atoms with E-state index in [0.717, 1.165) is 5.82 Å². The van der Waals surface area contributed by atoms with Crippen molar-refractivity contribution in [2.75, 3.05) is 25.0 Å². The van der Waals surface area contributed by atoms with Gasteiger partial charge in [0.25, 0.3) is 0 Å². The van der Waals surface area contributed by atoms with Gasteiger partial charge in [0, 0.05) is 43.0 Å². The lowest BCUT2D eigenvalue weighted by molar-refractivity contribution is -0.134. The first kappa shape index (κ1) is 19.8. The van der Waals surface area contributed by atoms with E-state index in [0.29, 0.717) is 18.9 Å². The molecule has 28 heavy (non-hydrogen) atoms. The quantitative estimate of drug-likeness (QED) is 0.798. The minimum atomic E-state index is -0.511. The third kappa shape index (κ3) is 4.65. The van der Waals surface area contributed by atoms with Crippen molar-refractivity contribution in [2.45, 2.75) is 33.7 Å². The van der Waals surface area contributed by atoms with Gasteiger partial charge in [-0.1, -0.05) is 27.7 Å². The van der Waals surface area contributed by atoms with E-state index in [1.807, 2.05) is 33.0 Å².